The van der Waals surface area contributed by atoms with E-state index in [1.807, 2.05) is 56.3 Å². The standard InChI is InChI=1S/C21H23NO2S/c1-3-4-5-9-17-22(18-16-20-10-7-6-8-11-20)25(23,24)21-14-12-19(2)13-15-21/h4-8,10-15H,3,9,17H2,1-2H3/b5-4+. The number of aryl methyl sites for hydroxylation is 1. The Labute approximate surface area is 151 Å². The minimum absolute atomic E-state index is 0.264. The van der Waals surface area contributed by atoms with Crippen LogP contribution >= 0.6 is 0 Å². The van der Waals surface area contributed by atoms with Gasteiger partial charge in [0, 0.05) is 18.2 Å². The van der Waals surface area contributed by atoms with Gasteiger partial charge in [0.15, 0.2) is 0 Å². The molecule has 0 N–H and O–H groups in total. The van der Waals surface area contributed by atoms with Crippen LogP contribution in [0.1, 0.15) is 30.9 Å². The molecule has 0 saturated carbocycles. The number of hydrogen-bond acceptors (Lipinski definition) is 2. The Kier molecular flexibility index (Phi) is 6.85. The van der Waals surface area contributed by atoms with Gasteiger partial charge < -0.3 is 0 Å². The summed E-state index contributed by atoms with van der Waals surface area (Å²) in [5.74, 6) is 2.95. The third-order valence-corrected chi connectivity index (χ3v) is 5.33. The number of nitrogens with zero attached hydrogens (tertiary/aromatic N) is 1. The molecule has 0 amide bonds. The molecular formula is C21H23NO2S. The lowest BCUT2D eigenvalue weighted by atomic mass is 10.2. The Balaban J connectivity index is 2.31. The van der Waals surface area contributed by atoms with Crippen molar-refractivity contribution in [2.75, 3.05) is 6.54 Å². The van der Waals surface area contributed by atoms with Gasteiger partial charge >= 0.3 is 0 Å². The topological polar surface area (TPSA) is 37.4 Å². The van der Waals surface area contributed by atoms with Gasteiger partial charge in [0.1, 0.15) is 0 Å². The van der Waals surface area contributed by atoms with Crippen molar-refractivity contribution >= 4 is 10.0 Å². The molecule has 0 aliphatic rings. The van der Waals surface area contributed by atoms with E-state index in [1.165, 1.54) is 4.31 Å². The van der Waals surface area contributed by atoms with E-state index in [1.54, 1.807) is 24.3 Å². The van der Waals surface area contributed by atoms with E-state index in [2.05, 4.69) is 12.0 Å². The minimum Gasteiger partial charge on any atom is -0.224 e. The van der Waals surface area contributed by atoms with Gasteiger partial charge in [-0.2, -0.15) is 0 Å². The van der Waals surface area contributed by atoms with Gasteiger partial charge in [-0.05, 0) is 50.0 Å². The number of sulfonamides is 1. The summed E-state index contributed by atoms with van der Waals surface area (Å²) < 4.78 is 27.1. The first-order chi connectivity index (χ1) is 12.0. The normalized spacial score (nSPS) is 11.1. The molecule has 0 spiro atoms. The van der Waals surface area contributed by atoms with Crippen LogP contribution in [0.25, 0.3) is 0 Å². The lowest BCUT2D eigenvalue weighted by molar-refractivity contribution is 0.514. The molecule has 4 heteroatoms. The SMILES string of the molecule is CC/C=C/CCN(C#Cc1ccccc1)S(=O)(=O)c1ccc(C)cc1. The summed E-state index contributed by atoms with van der Waals surface area (Å²) in [5, 5.41) is 0. The van der Waals surface area contributed by atoms with Gasteiger partial charge in [-0.3, -0.25) is 0 Å². The summed E-state index contributed by atoms with van der Waals surface area (Å²) in [6.07, 6.45) is 5.58. The molecule has 130 valence electrons. The molecule has 2 aromatic rings. The molecule has 0 heterocycles. The van der Waals surface area contributed by atoms with Gasteiger partial charge in [-0.25, -0.2) is 12.7 Å². The Morgan fingerprint density at radius 2 is 1.68 bits per heavy atom. The number of benzene rings is 2. The second kappa shape index (κ2) is 9.10. The molecule has 0 fully saturated rings. The number of allylic oxidation sites excluding steroid dienone is 1. The van der Waals surface area contributed by atoms with Crippen molar-refractivity contribution in [1.29, 1.82) is 0 Å². The monoisotopic (exact) mass is 353 g/mol. The summed E-state index contributed by atoms with van der Waals surface area (Å²) in [6.45, 7) is 4.30. The van der Waals surface area contributed by atoms with Gasteiger partial charge in [0.25, 0.3) is 10.0 Å². The molecule has 3 nitrogen and oxygen atoms in total. The first kappa shape index (κ1) is 18.8. The molecule has 0 atom stereocenters. The predicted octanol–water partition coefficient (Wildman–Crippen LogP) is 4.35. The van der Waals surface area contributed by atoms with Crippen LogP contribution in [0.2, 0.25) is 0 Å². The van der Waals surface area contributed by atoms with Gasteiger partial charge in [0.2, 0.25) is 0 Å². The number of hydrogen-bond donors (Lipinski definition) is 0. The second-order valence-corrected chi connectivity index (χ2v) is 7.52. The first-order valence-electron chi connectivity index (χ1n) is 8.35. The van der Waals surface area contributed by atoms with Crippen molar-refractivity contribution in [3.63, 3.8) is 0 Å². The smallest absolute Gasteiger partial charge is 0.224 e. The molecule has 2 rings (SSSR count). The molecular weight excluding hydrogens is 330 g/mol. The number of rotatable bonds is 6. The Morgan fingerprint density at radius 3 is 2.32 bits per heavy atom. The fourth-order valence-electron chi connectivity index (χ4n) is 2.20. The lowest BCUT2D eigenvalue weighted by Crippen LogP contribution is -2.27. The highest BCUT2D eigenvalue weighted by atomic mass is 32.2. The molecule has 0 saturated heterocycles. The molecule has 0 aromatic heterocycles. The molecule has 0 aliphatic heterocycles. The molecule has 0 aliphatic carbocycles. The Bertz CT molecular complexity index is 858. The maximum absolute atomic E-state index is 12.9. The quantitative estimate of drug-likeness (QED) is 0.440. The zero-order valence-corrected chi connectivity index (χ0v) is 15.5. The highest BCUT2D eigenvalue weighted by Gasteiger charge is 2.21. The summed E-state index contributed by atoms with van der Waals surface area (Å²) in [6, 6.07) is 19.1. The fourth-order valence-corrected chi connectivity index (χ4v) is 3.44. The summed E-state index contributed by atoms with van der Waals surface area (Å²) in [5.41, 5.74) is 1.81. The van der Waals surface area contributed by atoms with Crippen LogP contribution in [0.15, 0.2) is 71.6 Å². The van der Waals surface area contributed by atoms with Gasteiger partial charge in [0.05, 0.1) is 4.90 Å². The van der Waals surface area contributed by atoms with E-state index in [9.17, 15) is 8.42 Å². The van der Waals surface area contributed by atoms with Crippen molar-refractivity contribution in [1.82, 2.24) is 4.31 Å². The van der Waals surface area contributed by atoms with Crippen molar-refractivity contribution < 1.29 is 8.42 Å². The van der Waals surface area contributed by atoms with E-state index >= 15 is 0 Å². The van der Waals surface area contributed by atoms with Crippen LogP contribution in [0, 0.1) is 18.9 Å². The first-order valence-corrected chi connectivity index (χ1v) is 9.79. The summed E-state index contributed by atoms with van der Waals surface area (Å²) in [4.78, 5) is 0.264. The van der Waals surface area contributed by atoms with Crippen LogP contribution in [0.3, 0.4) is 0 Å². The predicted molar refractivity (Wildman–Crippen MR) is 102 cm³/mol. The molecule has 0 bridgehead atoms. The maximum atomic E-state index is 12.9. The highest BCUT2D eigenvalue weighted by Crippen LogP contribution is 2.16. The average Bonchev–Trinajstić information content (AvgIpc) is 2.62. The van der Waals surface area contributed by atoms with Crippen molar-refractivity contribution in [3.05, 3.63) is 77.9 Å². The second-order valence-electron chi connectivity index (χ2n) is 5.66. The van der Waals surface area contributed by atoms with Crippen LogP contribution < -0.4 is 0 Å². The van der Waals surface area contributed by atoms with Crippen molar-refractivity contribution in [2.24, 2.45) is 0 Å². The molecule has 0 radical (unpaired) electrons. The van der Waals surface area contributed by atoms with Crippen molar-refractivity contribution in [3.8, 4) is 12.0 Å². The Morgan fingerprint density at radius 1 is 1.00 bits per heavy atom. The highest BCUT2D eigenvalue weighted by molar-refractivity contribution is 7.89. The lowest BCUT2D eigenvalue weighted by Gasteiger charge is -2.17. The van der Waals surface area contributed by atoms with Crippen LogP contribution in [-0.4, -0.2) is 19.3 Å². The van der Waals surface area contributed by atoms with E-state index in [-0.39, 0.29) is 4.90 Å². The molecule has 0 unspecified atom stereocenters. The Hall–Kier alpha value is -2.51. The fraction of sp³-hybridized carbons (Fsp3) is 0.238. The van der Waals surface area contributed by atoms with Crippen LogP contribution in [-0.2, 0) is 10.0 Å². The van der Waals surface area contributed by atoms with Crippen LogP contribution in [0.5, 0.6) is 0 Å². The van der Waals surface area contributed by atoms with Gasteiger partial charge in [-0.15, -0.1) is 0 Å². The maximum Gasteiger partial charge on any atom is 0.270 e. The van der Waals surface area contributed by atoms with Gasteiger partial charge in [-0.1, -0.05) is 55.0 Å². The van der Waals surface area contributed by atoms with E-state index in [0.717, 1.165) is 17.5 Å². The third kappa shape index (κ3) is 5.51. The third-order valence-electron chi connectivity index (χ3n) is 3.61. The average molecular weight is 353 g/mol. The van der Waals surface area contributed by atoms with Crippen molar-refractivity contribution in [2.45, 2.75) is 31.6 Å². The van der Waals surface area contributed by atoms with Crippen LogP contribution in [0.4, 0.5) is 0 Å². The summed E-state index contributed by atoms with van der Waals surface area (Å²) >= 11 is 0. The van der Waals surface area contributed by atoms with E-state index in [0.29, 0.717) is 13.0 Å². The minimum atomic E-state index is -3.65. The van der Waals surface area contributed by atoms with E-state index in [4.69, 9.17) is 0 Å². The van der Waals surface area contributed by atoms with E-state index < -0.39 is 10.0 Å². The molecule has 2 aromatic carbocycles. The zero-order valence-electron chi connectivity index (χ0n) is 14.6. The largest absolute Gasteiger partial charge is 0.270 e. The molecule has 25 heavy (non-hydrogen) atoms. The summed E-state index contributed by atoms with van der Waals surface area (Å²) in [7, 11) is -3.65. The zero-order chi connectivity index (χ0) is 18.1.